The number of thiocarbonyl (C=S) groups is 1. The number of pyridine rings is 1. The lowest BCUT2D eigenvalue weighted by Gasteiger charge is -2.15. The van der Waals surface area contributed by atoms with E-state index in [1.54, 1.807) is 22.8 Å². The zero-order valence-electron chi connectivity index (χ0n) is 14.3. The summed E-state index contributed by atoms with van der Waals surface area (Å²) in [4.78, 5) is 13.6. The Bertz CT molecular complexity index is 949. The summed E-state index contributed by atoms with van der Waals surface area (Å²) in [5.41, 5.74) is 1.54. The molecule has 0 saturated heterocycles. The summed E-state index contributed by atoms with van der Waals surface area (Å²) in [6, 6.07) is 19.7. The molecule has 0 radical (unpaired) electrons. The molecule has 0 bridgehead atoms. The first kappa shape index (κ1) is 19.5. The zero-order valence-corrected chi connectivity index (χ0v) is 16.6. The highest BCUT2D eigenvalue weighted by molar-refractivity contribution is 7.80. The Labute approximate surface area is 173 Å². The summed E-state index contributed by atoms with van der Waals surface area (Å²) in [6.07, 6.45) is 3.63. The zero-order chi connectivity index (χ0) is 19.2. The molecule has 1 aromatic heterocycles. The Morgan fingerprint density at radius 1 is 0.963 bits per heavy atom. The van der Waals surface area contributed by atoms with Gasteiger partial charge in [0.15, 0.2) is 17.4 Å². The normalized spacial score (nSPS) is 11.6. The third-order valence-electron chi connectivity index (χ3n) is 4.05. The molecule has 0 amide bonds. The summed E-state index contributed by atoms with van der Waals surface area (Å²) in [7, 11) is 0. The van der Waals surface area contributed by atoms with Crippen LogP contribution in [-0.4, -0.2) is 10.8 Å². The Kier molecular flexibility index (Phi) is 6.56. The second-order valence-corrected chi connectivity index (χ2v) is 7.18. The monoisotopic (exact) mass is 415 g/mol. The van der Waals surface area contributed by atoms with Gasteiger partial charge in [0.25, 0.3) is 6.04 Å². The van der Waals surface area contributed by atoms with Crippen molar-refractivity contribution in [3.05, 3.63) is 100 Å². The molecule has 0 saturated carbocycles. The van der Waals surface area contributed by atoms with Gasteiger partial charge >= 0.3 is 0 Å². The molecular weight excluding hydrogens is 399 g/mol. The summed E-state index contributed by atoms with van der Waals surface area (Å²) >= 11 is 17.6. The van der Waals surface area contributed by atoms with Crippen LogP contribution < -0.4 is 9.88 Å². The molecule has 1 N–H and O–H groups in total. The predicted octanol–water partition coefficient (Wildman–Crippen LogP) is 4.82. The highest BCUT2D eigenvalue weighted by Gasteiger charge is 2.33. The van der Waals surface area contributed by atoms with E-state index in [0.717, 1.165) is 5.56 Å². The molecule has 0 aliphatic rings. The van der Waals surface area contributed by atoms with E-state index in [1.807, 2.05) is 60.9 Å². The second kappa shape index (κ2) is 9.09. The SMILES string of the molecule is O=C(c1ccc(Cl)c(Cl)c1)C(C(=S)NCc1ccccc1)[n+]1ccccc1. The van der Waals surface area contributed by atoms with Crippen molar-refractivity contribution in [2.24, 2.45) is 0 Å². The van der Waals surface area contributed by atoms with Gasteiger partial charge in [-0.25, -0.2) is 0 Å². The number of ketones is 1. The maximum Gasteiger partial charge on any atom is 0.270 e. The van der Waals surface area contributed by atoms with Gasteiger partial charge in [0.1, 0.15) is 0 Å². The number of halogens is 2. The maximum absolute atomic E-state index is 13.2. The van der Waals surface area contributed by atoms with Crippen LogP contribution in [0.4, 0.5) is 0 Å². The van der Waals surface area contributed by atoms with E-state index in [4.69, 9.17) is 35.4 Å². The molecule has 0 aliphatic heterocycles. The van der Waals surface area contributed by atoms with E-state index < -0.39 is 6.04 Å². The molecule has 1 heterocycles. The van der Waals surface area contributed by atoms with Crippen LogP contribution in [0, 0.1) is 0 Å². The molecule has 6 heteroatoms. The summed E-state index contributed by atoms with van der Waals surface area (Å²) in [5.74, 6) is -0.157. The first-order valence-corrected chi connectivity index (χ1v) is 9.49. The van der Waals surface area contributed by atoms with Crippen molar-refractivity contribution < 1.29 is 9.36 Å². The van der Waals surface area contributed by atoms with Gasteiger partial charge in [-0.2, -0.15) is 4.57 Å². The van der Waals surface area contributed by atoms with Crippen molar-refractivity contribution in [2.75, 3.05) is 0 Å². The van der Waals surface area contributed by atoms with E-state index >= 15 is 0 Å². The number of aromatic nitrogens is 1. The van der Waals surface area contributed by atoms with E-state index in [1.165, 1.54) is 0 Å². The standard InChI is InChI=1S/C21H16Cl2N2OS/c22-17-10-9-16(13-18(17)23)20(26)19(25-11-5-2-6-12-25)21(27)24-14-15-7-3-1-4-8-15/h1-13,19H,14H2/p+1. The predicted molar refractivity (Wildman–Crippen MR) is 112 cm³/mol. The van der Waals surface area contributed by atoms with Crippen LogP contribution in [0.15, 0.2) is 79.1 Å². The van der Waals surface area contributed by atoms with Crippen LogP contribution in [-0.2, 0) is 6.54 Å². The molecule has 1 atom stereocenters. The van der Waals surface area contributed by atoms with Crippen LogP contribution in [0.1, 0.15) is 22.0 Å². The lowest BCUT2D eigenvalue weighted by Crippen LogP contribution is -2.51. The van der Waals surface area contributed by atoms with Crippen molar-refractivity contribution in [1.29, 1.82) is 0 Å². The van der Waals surface area contributed by atoms with Crippen molar-refractivity contribution in [1.82, 2.24) is 5.32 Å². The van der Waals surface area contributed by atoms with Gasteiger partial charge in [-0.3, -0.25) is 4.79 Å². The minimum absolute atomic E-state index is 0.157. The number of nitrogens with one attached hydrogen (secondary N) is 1. The Morgan fingerprint density at radius 2 is 1.63 bits per heavy atom. The fourth-order valence-electron chi connectivity index (χ4n) is 2.66. The molecule has 3 nitrogen and oxygen atoms in total. The number of Topliss-reactive ketones (excluding diaryl/α,β-unsaturated/α-hetero) is 1. The average Bonchev–Trinajstić information content (AvgIpc) is 2.70. The first-order chi connectivity index (χ1) is 13.1. The Balaban J connectivity index is 1.87. The minimum atomic E-state index is -0.679. The van der Waals surface area contributed by atoms with Crippen molar-refractivity contribution >= 4 is 46.2 Å². The van der Waals surface area contributed by atoms with Crippen LogP contribution in [0.5, 0.6) is 0 Å². The summed E-state index contributed by atoms with van der Waals surface area (Å²) < 4.78 is 1.78. The molecule has 3 rings (SSSR count). The number of rotatable bonds is 6. The number of carbonyl (C=O) groups is 1. The van der Waals surface area contributed by atoms with Crippen molar-refractivity contribution in [3.63, 3.8) is 0 Å². The number of carbonyl (C=O) groups excluding carboxylic acids is 1. The third kappa shape index (κ3) is 4.92. The van der Waals surface area contributed by atoms with Gasteiger partial charge in [-0.15, -0.1) is 0 Å². The number of nitrogens with zero attached hydrogens (tertiary/aromatic N) is 1. The average molecular weight is 416 g/mol. The fourth-order valence-corrected chi connectivity index (χ4v) is 3.26. The van der Waals surface area contributed by atoms with Crippen molar-refractivity contribution in [3.8, 4) is 0 Å². The molecule has 0 spiro atoms. The van der Waals surface area contributed by atoms with Crippen LogP contribution in [0.3, 0.4) is 0 Å². The van der Waals surface area contributed by atoms with Crippen LogP contribution in [0.2, 0.25) is 10.0 Å². The molecule has 27 heavy (non-hydrogen) atoms. The highest BCUT2D eigenvalue weighted by Crippen LogP contribution is 2.24. The maximum atomic E-state index is 13.2. The van der Waals surface area contributed by atoms with Gasteiger partial charge in [-0.05, 0) is 23.8 Å². The van der Waals surface area contributed by atoms with Gasteiger partial charge in [0.05, 0.1) is 10.0 Å². The van der Waals surface area contributed by atoms with E-state index in [-0.39, 0.29) is 5.78 Å². The second-order valence-electron chi connectivity index (χ2n) is 5.92. The molecular formula is C21H17Cl2N2OS+. The quantitative estimate of drug-likeness (QED) is 0.355. The third-order valence-corrected chi connectivity index (χ3v) is 5.15. The van der Waals surface area contributed by atoms with E-state index in [9.17, 15) is 4.79 Å². The molecule has 3 aromatic rings. The summed E-state index contributed by atoms with van der Waals surface area (Å²) in [5, 5.41) is 3.95. The van der Waals surface area contributed by atoms with Gasteiger partial charge in [0, 0.05) is 24.2 Å². The van der Waals surface area contributed by atoms with Crippen LogP contribution >= 0.6 is 35.4 Å². The van der Waals surface area contributed by atoms with E-state index in [2.05, 4.69) is 5.32 Å². The summed E-state index contributed by atoms with van der Waals surface area (Å²) in [6.45, 7) is 0.540. The molecule has 2 aromatic carbocycles. The largest absolute Gasteiger partial charge is 0.370 e. The fraction of sp³-hybridized carbons (Fsp3) is 0.0952. The smallest absolute Gasteiger partial charge is 0.270 e. The number of benzene rings is 2. The van der Waals surface area contributed by atoms with Gasteiger partial charge < -0.3 is 5.32 Å². The Morgan fingerprint density at radius 3 is 2.30 bits per heavy atom. The lowest BCUT2D eigenvalue weighted by atomic mass is 10.0. The van der Waals surface area contributed by atoms with Gasteiger partial charge in [0.2, 0.25) is 5.78 Å². The number of hydrogen-bond donors (Lipinski definition) is 1. The lowest BCUT2D eigenvalue weighted by molar-refractivity contribution is -0.692. The van der Waals surface area contributed by atoms with Crippen molar-refractivity contribution in [2.45, 2.75) is 12.6 Å². The van der Waals surface area contributed by atoms with Gasteiger partial charge in [-0.1, -0.05) is 71.8 Å². The molecule has 136 valence electrons. The Hall–Kier alpha value is -2.27. The molecule has 0 aliphatic carbocycles. The van der Waals surface area contributed by atoms with E-state index in [0.29, 0.717) is 27.1 Å². The highest BCUT2D eigenvalue weighted by atomic mass is 35.5. The van der Waals surface area contributed by atoms with Crippen LogP contribution in [0.25, 0.3) is 0 Å². The number of hydrogen-bond acceptors (Lipinski definition) is 2. The topological polar surface area (TPSA) is 33.0 Å². The minimum Gasteiger partial charge on any atom is -0.370 e. The first-order valence-electron chi connectivity index (χ1n) is 8.33. The molecule has 1 unspecified atom stereocenters. The molecule has 0 fully saturated rings.